The number of hydrogen-bond donors (Lipinski definition) is 3. The standard InChI is InChI=1S/C62H108Cl3N2O19P/c1-9-15-18-21-23-25-26-29-31-34-47(68)42-51(69)66-53-57(77-40-33-30-27-24-22-19-16-10-2)55(71)49(84-59(53)80-45-52(70)76-37-12-4)44-79-60-54(67-61(72)81-46-62(63,64)65)58(78-41-36-48(75-8)35-32-28-20-17-11-3)56(50(85-60)43-74-7)86-87(73,82-38-13-5)83-39-14-6/h12-14,48-50,53-60,71H,4-6,9-11,15-46H2,1-3,7-8H3,(H,66,69)(H,67,72)/t48-,49-,50-,53-,54-,55-,56-,57-,58-,59+,60-/m1/s1. The van der Waals surface area contributed by atoms with Gasteiger partial charge in [-0.1, -0.05) is 209 Å². The minimum absolute atomic E-state index is 0.00827. The van der Waals surface area contributed by atoms with Gasteiger partial charge in [0.2, 0.25) is 9.70 Å². The number of alkyl carbamates (subject to hydrolysis) is 1. The van der Waals surface area contributed by atoms with Gasteiger partial charge in [-0.25, -0.2) is 14.2 Å². The Hall–Kier alpha value is -2.28. The van der Waals surface area contributed by atoms with Gasteiger partial charge in [-0.2, -0.15) is 0 Å². The number of ether oxygens (including phenoxy) is 10. The van der Waals surface area contributed by atoms with Crippen LogP contribution < -0.4 is 10.6 Å². The van der Waals surface area contributed by atoms with Gasteiger partial charge in [0.1, 0.15) is 74.3 Å². The van der Waals surface area contributed by atoms with Crippen LogP contribution in [0.5, 0.6) is 0 Å². The van der Waals surface area contributed by atoms with Gasteiger partial charge in [0.25, 0.3) is 0 Å². The van der Waals surface area contributed by atoms with E-state index in [9.17, 15) is 28.8 Å². The van der Waals surface area contributed by atoms with Crippen LogP contribution in [-0.4, -0.2) is 174 Å². The lowest BCUT2D eigenvalue weighted by Crippen LogP contribution is -2.68. The fourth-order valence-corrected chi connectivity index (χ4v) is 11.5. The normalized spacial score (nSPS) is 22.7. The van der Waals surface area contributed by atoms with Crippen LogP contribution in [0.2, 0.25) is 0 Å². The van der Waals surface area contributed by atoms with E-state index in [4.69, 9.17) is 95.7 Å². The van der Waals surface area contributed by atoms with Crippen molar-refractivity contribution in [2.45, 2.75) is 259 Å². The third-order valence-electron chi connectivity index (χ3n) is 14.7. The summed E-state index contributed by atoms with van der Waals surface area (Å²) in [5.74, 6) is -1.71. The van der Waals surface area contributed by atoms with Crippen molar-refractivity contribution in [1.82, 2.24) is 10.6 Å². The van der Waals surface area contributed by atoms with Crippen LogP contribution in [0.25, 0.3) is 0 Å². The SMILES string of the molecule is C=CCOC(=O)CO[C@H]1O[C@H](CO[C@@H]2O[C@H](COC)[C@@H](OP(=O)(OCC=C)OCC=C)[C@H](OCC[C@@H](CCCCCCC)OC)[C@H]2NC(=O)OCC(Cl)(Cl)Cl)[C@@H](O)[C@H](OCCCCCCCCCC)[C@H]1NC(=O)CC(=O)CCCCCCCCCCC. The summed E-state index contributed by atoms with van der Waals surface area (Å²) in [7, 11) is -1.54. The van der Waals surface area contributed by atoms with Crippen LogP contribution in [0.3, 0.4) is 0 Å². The third kappa shape index (κ3) is 35.9. The topological polar surface area (TPSA) is 250 Å². The van der Waals surface area contributed by atoms with E-state index in [-0.39, 0.29) is 57.9 Å². The second-order valence-electron chi connectivity index (χ2n) is 22.1. The van der Waals surface area contributed by atoms with E-state index in [1.54, 1.807) is 7.11 Å². The van der Waals surface area contributed by atoms with Gasteiger partial charge in [-0.05, 0) is 25.7 Å². The highest BCUT2D eigenvalue weighted by molar-refractivity contribution is 7.48. The number of aliphatic hydroxyl groups is 1. The van der Waals surface area contributed by atoms with Gasteiger partial charge in [0.05, 0.1) is 39.0 Å². The fourth-order valence-electron chi connectivity index (χ4n) is 10.1. The van der Waals surface area contributed by atoms with Crippen molar-refractivity contribution in [2.75, 3.05) is 73.7 Å². The minimum atomic E-state index is -4.54. The smallest absolute Gasteiger partial charge is 0.460 e. The van der Waals surface area contributed by atoms with Crippen LogP contribution in [0, 0.1) is 0 Å². The molecule has 87 heavy (non-hydrogen) atoms. The van der Waals surface area contributed by atoms with E-state index in [1.807, 2.05) is 0 Å². The molecule has 21 nitrogen and oxygen atoms in total. The van der Waals surface area contributed by atoms with E-state index in [1.165, 1.54) is 57.4 Å². The number of carbonyl (C=O) groups is 4. The molecular formula is C62H108Cl3N2O19P. The first kappa shape index (κ1) is 80.8. The van der Waals surface area contributed by atoms with Crippen molar-refractivity contribution in [2.24, 2.45) is 0 Å². The zero-order chi connectivity index (χ0) is 64.1. The molecule has 2 heterocycles. The van der Waals surface area contributed by atoms with Crippen molar-refractivity contribution in [3.8, 4) is 0 Å². The molecule has 0 aromatic carbocycles. The van der Waals surface area contributed by atoms with Crippen LogP contribution in [-0.2, 0) is 79.9 Å². The summed E-state index contributed by atoms with van der Waals surface area (Å²) in [6.07, 6.45) is 15.1. The van der Waals surface area contributed by atoms with Crippen LogP contribution >= 0.6 is 42.6 Å². The Balaban J connectivity index is 2.68. The molecule has 25 heteroatoms. The number of unbranched alkanes of at least 4 members (excludes halogenated alkanes) is 19. The lowest BCUT2D eigenvalue weighted by Gasteiger charge is -2.47. The van der Waals surface area contributed by atoms with Crippen molar-refractivity contribution >= 4 is 66.4 Å². The number of halogens is 3. The lowest BCUT2D eigenvalue weighted by atomic mass is 9.95. The molecule has 0 saturated carbocycles. The van der Waals surface area contributed by atoms with Gasteiger partial charge < -0.3 is 63.1 Å². The maximum Gasteiger partial charge on any atom is 0.475 e. The van der Waals surface area contributed by atoms with Gasteiger partial charge >= 0.3 is 19.9 Å². The number of Topliss-reactive ketones (excluding diaryl/α,β-unsaturated/α-hetero) is 1. The summed E-state index contributed by atoms with van der Waals surface area (Å²) >= 11 is 18.0. The maximum atomic E-state index is 14.5. The Morgan fingerprint density at radius 1 is 0.609 bits per heavy atom. The van der Waals surface area contributed by atoms with E-state index < -0.39 is 117 Å². The Morgan fingerprint density at radius 3 is 1.70 bits per heavy atom. The fraction of sp³-hybridized carbons (Fsp3) is 0.839. The molecule has 2 amide bonds. The summed E-state index contributed by atoms with van der Waals surface area (Å²) in [4.78, 5) is 54.0. The average molecular weight is 1320 g/mol. The highest BCUT2D eigenvalue weighted by Crippen LogP contribution is 2.52. The zero-order valence-corrected chi connectivity index (χ0v) is 56.0. The molecule has 2 fully saturated rings. The Morgan fingerprint density at radius 2 is 1.14 bits per heavy atom. The summed E-state index contributed by atoms with van der Waals surface area (Å²) in [5, 5.41) is 18.0. The van der Waals surface area contributed by atoms with Crippen molar-refractivity contribution < 1.29 is 89.8 Å². The first-order chi connectivity index (χ1) is 41.9. The second-order valence-corrected chi connectivity index (χ2v) is 26.2. The minimum Gasteiger partial charge on any atom is -0.460 e. The molecule has 2 saturated heterocycles. The Bertz CT molecular complexity index is 1910. The molecule has 0 bridgehead atoms. The molecule has 0 spiro atoms. The number of aliphatic hydroxyl groups excluding tert-OH is 1. The van der Waals surface area contributed by atoms with Crippen LogP contribution in [0.15, 0.2) is 38.0 Å². The Labute approximate surface area is 534 Å². The van der Waals surface area contributed by atoms with Crippen LogP contribution in [0.4, 0.5) is 4.79 Å². The predicted molar refractivity (Wildman–Crippen MR) is 336 cm³/mol. The van der Waals surface area contributed by atoms with E-state index in [2.05, 4.69) is 51.1 Å². The van der Waals surface area contributed by atoms with Crippen molar-refractivity contribution in [3.05, 3.63) is 38.0 Å². The maximum absolute atomic E-state index is 14.5. The average Bonchev–Trinajstić information content (AvgIpc) is 3.57. The summed E-state index contributed by atoms with van der Waals surface area (Å²) < 4.78 is 90.8. The second kappa shape index (κ2) is 49.4. The largest absolute Gasteiger partial charge is 0.475 e. The summed E-state index contributed by atoms with van der Waals surface area (Å²) in [6, 6.07) is -2.72. The number of phosphoric acid groups is 1. The number of ketones is 1. The van der Waals surface area contributed by atoms with E-state index >= 15 is 0 Å². The molecule has 506 valence electrons. The molecule has 0 aromatic heterocycles. The highest BCUT2D eigenvalue weighted by atomic mass is 35.6. The number of phosphoric ester groups is 1. The number of alkyl halides is 3. The first-order valence-corrected chi connectivity index (χ1v) is 34.4. The van der Waals surface area contributed by atoms with Gasteiger partial charge in [-0.15, -0.1) is 13.2 Å². The first-order valence-electron chi connectivity index (χ1n) is 31.8. The van der Waals surface area contributed by atoms with E-state index in [0.717, 1.165) is 103 Å². The molecule has 2 rings (SSSR count). The molecule has 3 N–H and O–H groups in total. The van der Waals surface area contributed by atoms with Gasteiger partial charge in [0.15, 0.2) is 12.6 Å². The molecule has 11 atom stereocenters. The third-order valence-corrected chi connectivity index (χ3v) is 16.4. The van der Waals surface area contributed by atoms with E-state index in [0.29, 0.717) is 19.3 Å². The molecule has 2 aliphatic rings. The summed E-state index contributed by atoms with van der Waals surface area (Å²) in [6.45, 7) is 14.8. The number of carbonyl (C=O) groups excluding carboxylic acids is 4. The molecule has 0 aromatic rings. The lowest BCUT2D eigenvalue weighted by molar-refractivity contribution is -0.308. The monoisotopic (exact) mass is 1320 g/mol. The number of amides is 2. The van der Waals surface area contributed by atoms with Crippen molar-refractivity contribution in [1.29, 1.82) is 0 Å². The predicted octanol–water partition coefficient (Wildman–Crippen LogP) is 12.6. The number of methoxy groups -OCH3 is 2. The molecule has 0 radical (unpaired) electrons. The molecular weight excluding hydrogens is 1210 g/mol. The molecule has 2 aliphatic heterocycles. The summed E-state index contributed by atoms with van der Waals surface area (Å²) in [5.41, 5.74) is 0. The van der Waals surface area contributed by atoms with Crippen molar-refractivity contribution in [3.63, 3.8) is 0 Å². The molecule has 0 aliphatic carbocycles. The number of rotatable bonds is 54. The number of esters is 1. The Kier molecular flexibility index (Phi) is 45.9. The number of nitrogens with one attached hydrogen (secondary N) is 2. The highest BCUT2D eigenvalue weighted by Gasteiger charge is 2.54. The quantitative estimate of drug-likeness (QED) is 0.0128. The van der Waals surface area contributed by atoms with Gasteiger partial charge in [0, 0.05) is 33.9 Å². The zero-order valence-electron chi connectivity index (χ0n) is 52.8. The van der Waals surface area contributed by atoms with Crippen LogP contribution in [0.1, 0.15) is 188 Å². The molecule has 0 unspecified atom stereocenters. The number of hydrogen-bond acceptors (Lipinski definition) is 19. The van der Waals surface area contributed by atoms with Gasteiger partial charge in [-0.3, -0.25) is 23.2 Å².